The Morgan fingerprint density at radius 3 is 2.65 bits per heavy atom. The number of ether oxygens (including phenoxy) is 1. The van der Waals surface area contributed by atoms with Gasteiger partial charge in [-0.15, -0.1) is 0 Å². The number of amides is 1. The molecule has 0 saturated carbocycles. The second-order valence-electron chi connectivity index (χ2n) is 3.72. The van der Waals surface area contributed by atoms with Gasteiger partial charge in [-0.3, -0.25) is 4.79 Å². The fourth-order valence-electron chi connectivity index (χ4n) is 1.38. The molecular formula is C13H13N3O4. The first-order chi connectivity index (χ1) is 9.47. The molecule has 1 rings (SSSR count). The third-order valence-corrected chi connectivity index (χ3v) is 2.24. The van der Waals surface area contributed by atoms with Gasteiger partial charge in [-0.25, -0.2) is 4.79 Å². The molecule has 0 unspecified atom stereocenters. The summed E-state index contributed by atoms with van der Waals surface area (Å²) in [6.45, 7) is 1.36. The van der Waals surface area contributed by atoms with Gasteiger partial charge in [0.1, 0.15) is 11.8 Å². The van der Waals surface area contributed by atoms with Crippen molar-refractivity contribution in [2.24, 2.45) is 0 Å². The van der Waals surface area contributed by atoms with Gasteiger partial charge in [-0.05, 0) is 18.2 Å². The first-order valence-electron chi connectivity index (χ1n) is 5.53. The zero-order valence-electron chi connectivity index (χ0n) is 10.9. The second-order valence-corrected chi connectivity index (χ2v) is 3.72. The summed E-state index contributed by atoms with van der Waals surface area (Å²) in [4.78, 5) is 21.7. The van der Waals surface area contributed by atoms with E-state index in [1.54, 1.807) is 24.3 Å². The molecule has 1 aromatic carbocycles. The highest BCUT2D eigenvalue weighted by molar-refractivity contribution is 5.92. The third-order valence-electron chi connectivity index (χ3n) is 2.24. The van der Waals surface area contributed by atoms with Crippen molar-refractivity contribution < 1.29 is 19.4 Å². The highest BCUT2D eigenvalue weighted by Gasteiger charge is 2.07. The van der Waals surface area contributed by atoms with E-state index in [-0.39, 0.29) is 5.91 Å². The van der Waals surface area contributed by atoms with Gasteiger partial charge >= 0.3 is 5.97 Å². The maximum absolute atomic E-state index is 11.1. The van der Waals surface area contributed by atoms with Gasteiger partial charge in [0.05, 0.1) is 12.8 Å². The van der Waals surface area contributed by atoms with Crippen LogP contribution in [0.25, 0.3) is 0 Å². The number of carbonyl (C=O) groups excluding carboxylic acids is 1. The Morgan fingerprint density at radius 2 is 2.15 bits per heavy atom. The van der Waals surface area contributed by atoms with Crippen LogP contribution in [0.3, 0.4) is 0 Å². The van der Waals surface area contributed by atoms with Crippen LogP contribution in [-0.4, -0.2) is 24.1 Å². The van der Waals surface area contributed by atoms with E-state index in [1.807, 2.05) is 0 Å². The normalized spacial score (nSPS) is 10.3. The number of carboxylic acids is 1. The van der Waals surface area contributed by atoms with Gasteiger partial charge in [-0.2, -0.15) is 5.26 Å². The van der Waals surface area contributed by atoms with Gasteiger partial charge in [0.15, 0.2) is 5.57 Å². The Balaban J connectivity index is 3.01. The molecule has 0 atom stereocenters. The predicted molar refractivity (Wildman–Crippen MR) is 72.3 cm³/mol. The molecule has 0 bridgehead atoms. The smallest absolute Gasteiger partial charge is 0.347 e. The van der Waals surface area contributed by atoms with E-state index in [4.69, 9.17) is 15.1 Å². The van der Waals surface area contributed by atoms with Crippen LogP contribution in [0.15, 0.2) is 30.0 Å². The largest absolute Gasteiger partial charge is 0.495 e. The lowest BCUT2D eigenvalue weighted by Gasteiger charge is -2.11. The molecule has 3 N–H and O–H groups in total. The van der Waals surface area contributed by atoms with Crippen LogP contribution in [0.1, 0.15) is 6.92 Å². The Labute approximate surface area is 115 Å². The number of hydrogen-bond donors (Lipinski definition) is 3. The van der Waals surface area contributed by atoms with Gasteiger partial charge in [0.25, 0.3) is 0 Å². The molecule has 1 amide bonds. The number of nitrogens with one attached hydrogen (secondary N) is 2. The molecule has 7 nitrogen and oxygen atoms in total. The van der Waals surface area contributed by atoms with E-state index >= 15 is 0 Å². The molecule has 0 saturated heterocycles. The quantitative estimate of drug-likeness (QED) is 0.555. The van der Waals surface area contributed by atoms with E-state index in [9.17, 15) is 9.59 Å². The van der Waals surface area contributed by atoms with Crippen molar-refractivity contribution in [2.45, 2.75) is 6.92 Å². The average molecular weight is 275 g/mol. The van der Waals surface area contributed by atoms with E-state index in [0.29, 0.717) is 17.1 Å². The summed E-state index contributed by atoms with van der Waals surface area (Å²) in [6.07, 6.45) is 1.07. The molecule has 0 aromatic heterocycles. The lowest BCUT2D eigenvalue weighted by atomic mass is 10.2. The third kappa shape index (κ3) is 4.03. The summed E-state index contributed by atoms with van der Waals surface area (Å²) in [5.74, 6) is -1.12. The highest BCUT2D eigenvalue weighted by atomic mass is 16.5. The standard InChI is InChI=1S/C13H13N3O4/c1-8(17)16-11-5-10(3-4-12(11)20-2)15-7-9(6-14)13(18)19/h3-5,7,15H,1-2H3,(H,16,17)(H,18,19)/b9-7+. The van der Waals surface area contributed by atoms with Crippen molar-refractivity contribution in [2.75, 3.05) is 17.7 Å². The van der Waals surface area contributed by atoms with E-state index in [1.165, 1.54) is 14.0 Å². The van der Waals surface area contributed by atoms with Gasteiger partial charge in [-0.1, -0.05) is 0 Å². The van der Waals surface area contributed by atoms with Crippen molar-refractivity contribution in [1.29, 1.82) is 5.26 Å². The number of rotatable bonds is 5. The van der Waals surface area contributed by atoms with Crippen LogP contribution in [0.4, 0.5) is 11.4 Å². The number of carboxylic acid groups (broad SMARTS) is 1. The highest BCUT2D eigenvalue weighted by Crippen LogP contribution is 2.27. The Hall–Kier alpha value is -3.01. The Kier molecular flexibility index (Phi) is 5.12. The SMILES string of the molecule is COc1ccc(N/C=C(\C#N)C(=O)O)cc1NC(C)=O. The Bertz CT molecular complexity index is 602. The molecule has 104 valence electrons. The number of nitriles is 1. The van der Waals surface area contributed by atoms with Crippen LogP contribution in [-0.2, 0) is 9.59 Å². The van der Waals surface area contributed by atoms with Crippen molar-refractivity contribution >= 4 is 23.3 Å². The molecule has 0 spiro atoms. The number of nitrogens with zero attached hydrogens (tertiary/aromatic N) is 1. The first-order valence-corrected chi connectivity index (χ1v) is 5.53. The maximum atomic E-state index is 11.1. The zero-order valence-corrected chi connectivity index (χ0v) is 10.9. The minimum absolute atomic E-state index is 0.265. The van der Waals surface area contributed by atoms with Crippen LogP contribution >= 0.6 is 0 Å². The molecule has 0 heterocycles. The van der Waals surface area contributed by atoms with Crippen molar-refractivity contribution in [3.8, 4) is 11.8 Å². The summed E-state index contributed by atoms with van der Waals surface area (Å²) >= 11 is 0. The average Bonchev–Trinajstić information content (AvgIpc) is 2.38. The Morgan fingerprint density at radius 1 is 1.45 bits per heavy atom. The van der Waals surface area contributed by atoms with Gasteiger partial charge < -0.3 is 20.5 Å². The fourth-order valence-corrected chi connectivity index (χ4v) is 1.38. The number of benzene rings is 1. The molecule has 0 aliphatic heterocycles. The molecule has 0 aliphatic rings. The van der Waals surface area contributed by atoms with Crippen LogP contribution in [0.5, 0.6) is 5.75 Å². The van der Waals surface area contributed by atoms with Crippen LogP contribution < -0.4 is 15.4 Å². The number of hydrogen-bond acceptors (Lipinski definition) is 5. The fraction of sp³-hybridized carbons (Fsp3) is 0.154. The van der Waals surface area contributed by atoms with E-state index in [0.717, 1.165) is 6.20 Å². The molecule has 0 fully saturated rings. The van der Waals surface area contributed by atoms with Crippen molar-refractivity contribution in [3.63, 3.8) is 0 Å². The first kappa shape index (κ1) is 15.0. The minimum Gasteiger partial charge on any atom is -0.495 e. The zero-order chi connectivity index (χ0) is 15.1. The lowest BCUT2D eigenvalue weighted by molar-refractivity contribution is -0.132. The molecule has 20 heavy (non-hydrogen) atoms. The second kappa shape index (κ2) is 6.80. The number of aliphatic carboxylic acids is 1. The van der Waals surface area contributed by atoms with Crippen LogP contribution in [0, 0.1) is 11.3 Å². The van der Waals surface area contributed by atoms with Gasteiger partial charge in [0, 0.05) is 18.8 Å². The number of carbonyl (C=O) groups is 2. The van der Waals surface area contributed by atoms with E-state index < -0.39 is 11.5 Å². The van der Waals surface area contributed by atoms with Crippen LogP contribution in [0.2, 0.25) is 0 Å². The summed E-state index contributed by atoms with van der Waals surface area (Å²) in [5.41, 5.74) is 0.512. The monoisotopic (exact) mass is 275 g/mol. The lowest BCUT2D eigenvalue weighted by Crippen LogP contribution is -2.07. The molecule has 0 radical (unpaired) electrons. The maximum Gasteiger partial charge on any atom is 0.347 e. The van der Waals surface area contributed by atoms with E-state index in [2.05, 4.69) is 10.6 Å². The van der Waals surface area contributed by atoms with Crippen molar-refractivity contribution in [1.82, 2.24) is 0 Å². The molecular weight excluding hydrogens is 262 g/mol. The summed E-state index contributed by atoms with van der Waals surface area (Å²) in [5, 5.41) is 22.6. The number of anilines is 2. The number of methoxy groups -OCH3 is 1. The van der Waals surface area contributed by atoms with Gasteiger partial charge in [0.2, 0.25) is 5.91 Å². The molecule has 0 aliphatic carbocycles. The molecule has 1 aromatic rings. The molecule has 7 heteroatoms. The summed E-state index contributed by atoms with van der Waals surface area (Å²) in [6, 6.07) is 6.34. The topological polar surface area (TPSA) is 111 Å². The minimum atomic E-state index is -1.32. The summed E-state index contributed by atoms with van der Waals surface area (Å²) < 4.78 is 5.08. The summed E-state index contributed by atoms with van der Waals surface area (Å²) in [7, 11) is 1.46. The predicted octanol–water partition coefficient (Wildman–Crippen LogP) is 1.56. The van der Waals surface area contributed by atoms with Crippen molar-refractivity contribution in [3.05, 3.63) is 30.0 Å².